The van der Waals surface area contributed by atoms with E-state index in [2.05, 4.69) is 15.6 Å². The summed E-state index contributed by atoms with van der Waals surface area (Å²) in [5, 5.41) is 5.96. The molecule has 1 saturated heterocycles. The van der Waals surface area contributed by atoms with Gasteiger partial charge in [-0.05, 0) is 44.0 Å². The van der Waals surface area contributed by atoms with Crippen molar-refractivity contribution in [3.05, 3.63) is 54.0 Å². The molecule has 1 fully saturated rings. The summed E-state index contributed by atoms with van der Waals surface area (Å²) >= 11 is 0. The summed E-state index contributed by atoms with van der Waals surface area (Å²) < 4.78 is 18.7. The summed E-state index contributed by atoms with van der Waals surface area (Å²) in [6, 6.07) is 9.49. The predicted molar refractivity (Wildman–Crippen MR) is 104 cm³/mol. The van der Waals surface area contributed by atoms with Crippen LogP contribution in [0.4, 0.5) is 20.7 Å². The Hall–Kier alpha value is -3.16. The minimum Gasteiger partial charge on any atom is -0.450 e. The van der Waals surface area contributed by atoms with Crippen LogP contribution in [0.2, 0.25) is 0 Å². The normalized spacial score (nSPS) is 14.4. The molecule has 0 unspecified atom stereocenters. The molecule has 1 aliphatic heterocycles. The van der Waals surface area contributed by atoms with E-state index >= 15 is 0 Å². The van der Waals surface area contributed by atoms with Crippen LogP contribution in [-0.4, -0.2) is 47.6 Å². The third-order valence-electron chi connectivity index (χ3n) is 4.51. The van der Waals surface area contributed by atoms with Gasteiger partial charge in [-0.15, -0.1) is 0 Å². The number of rotatable bonds is 5. The Morgan fingerprint density at radius 3 is 2.61 bits per heavy atom. The quantitative estimate of drug-likeness (QED) is 0.822. The van der Waals surface area contributed by atoms with E-state index in [1.54, 1.807) is 30.0 Å². The number of hydrogen-bond acceptors (Lipinski definition) is 5. The van der Waals surface area contributed by atoms with Crippen LogP contribution in [0.3, 0.4) is 0 Å². The molecule has 2 N–H and O–H groups in total. The fourth-order valence-electron chi connectivity index (χ4n) is 3.03. The van der Waals surface area contributed by atoms with Crippen LogP contribution in [0, 0.1) is 5.82 Å². The number of carbonyl (C=O) groups is 2. The molecule has 28 heavy (non-hydrogen) atoms. The lowest BCUT2D eigenvalue weighted by molar-refractivity contribution is 0.0981. The van der Waals surface area contributed by atoms with E-state index in [4.69, 9.17) is 4.74 Å². The number of aromatic nitrogens is 1. The van der Waals surface area contributed by atoms with Gasteiger partial charge >= 0.3 is 6.09 Å². The van der Waals surface area contributed by atoms with Gasteiger partial charge < -0.3 is 20.3 Å². The first kappa shape index (κ1) is 19.6. The van der Waals surface area contributed by atoms with Crippen LogP contribution in [-0.2, 0) is 4.74 Å². The minimum atomic E-state index is -0.569. The van der Waals surface area contributed by atoms with Crippen LogP contribution in [0.5, 0.6) is 0 Å². The largest absolute Gasteiger partial charge is 0.450 e. The van der Waals surface area contributed by atoms with Gasteiger partial charge in [-0.1, -0.05) is 12.1 Å². The number of hydrogen-bond donors (Lipinski definition) is 2. The topological polar surface area (TPSA) is 83.6 Å². The van der Waals surface area contributed by atoms with E-state index < -0.39 is 11.7 Å². The molecular formula is C20H23FN4O3. The van der Waals surface area contributed by atoms with Crippen LogP contribution in [0.15, 0.2) is 42.6 Å². The highest BCUT2D eigenvalue weighted by molar-refractivity contribution is 6.04. The summed E-state index contributed by atoms with van der Waals surface area (Å²) in [5.74, 6) is -0.411. The third kappa shape index (κ3) is 4.97. The Bertz CT molecular complexity index is 820. The first-order valence-corrected chi connectivity index (χ1v) is 9.27. The molecule has 0 spiro atoms. The molecule has 0 bridgehead atoms. The third-order valence-corrected chi connectivity index (χ3v) is 4.51. The van der Waals surface area contributed by atoms with Gasteiger partial charge in [0.15, 0.2) is 0 Å². The Kier molecular flexibility index (Phi) is 6.41. The Balaban J connectivity index is 1.51. The molecule has 2 heterocycles. The van der Waals surface area contributed by atoms with Gasteiger partial charge in [0.05, 0.1) is 24.1 Å². The molecule has 3 rings (SSSR count). The van der Waals surface area contributed by atoms with Crippen LogP contribution >= 0.6 is 0 Å². The lowest BCUT2D eigenvalue weighted by Crippen LogP contribution is -2.42. The number of piperidine rings is 1. The van der Waals surface area contributed by atoms with E-state index in [0.717, 1.165) is 12.8 Å². The van der Waals surface area contributed by atoms with Crippen molar-refractivity contribution in [2.24, 2.45) is 0 Å². The predicted octanol–water partition coefficient (Wildman–Crippen LogP) is 3.51. The van der Waals surface area contributed by atoms with Crippen molar-refractivity contribution in [2.75, 3.05) is 30.3 Å². The molecule has 7 nitrogen and oxygen atoms in total. The first-order chi connectivity index (χ1) is 13.6. The average molecular weight is 386 g/mol. The second-order valence-corrected chi connectivity index (χ2v) is 6.47. The SMILES string of the molecule is CCOC(=O)N1CCC(Nc2ccc(NC(=O)c3ccccc3F)cn2)CC1. The maximum absolute atomic E-state index is 13.7. The molecule has 1 aromatic heterocycles. The molecular weight excluding hydrogens is 363 g/mol. The van der Waals surface area contributed by atoms with E-state index in [0.29, 0.717) is 31.2 Å². The van der Waals surface area contributed by atoms with Crippen molar-refractivity contribution in [1.29, 1.82) is 0 Å². The van der Waals surface area contributed by atoms with Gasteiger partial charge in [-0.2, -0.15) is 0 Å². The number of nitrogens with one attached hydrogen (secondary N) is 2. The number of amides is 2. The maximum atomic E-state index is 13.7. The van der Waals surface area contributed by atoms with E-state index in [9.17, 15) is 14.0 Å². The van der Waals surface area contributed by atoms with Crippen molar-refractivity contribution in [3.8, 4) is 0 Å². The number of carbonyl (C=O) groups excluding carboxylic acids is 2. The van der Waals surface area contributed by atoms with Crippen molar-refractivity contribution in [1.82, 2.24) is 9.88 Å². The molecule has 0 atom stereocenters. The second kappa shape index (κ2) is 9.16. The monoisotopic (exact) mass is 386 g/mol. The smallest absolute Gasteiger partial charge is 0.409 e. The summed E-state index contributed by atoms with van der Waals surface area (Å²) in [4.78, 5) is 29.9. The highest BCUT2D eigenvalue weighted by Gasteiger charge is 2.23. The maximum Gasteiger partial charge on any atom is 0.409 e. The molecule has 1 aliphatic rings. The standard InChI is InChI=1S/C20H23FN4O3/c1-2-28-20(27)25-11-9-14(10-12-25)23-18-8-7-15(13-22-18)24-19(26)16-5-3-4-6-17(16)21/h3-8,13-14H,2,9-12H2,1H3,(H,22,23)(H,24,26). The Morgan fingerprint density at radius 2 is 1.96 bits per heavy atom. The van der Waals surface area contributed by atoms with Gasteiger partial charge in [0.25, 0.3) is 5.91 Å². The molecule has 2 amide bonds. The van der Waals surface area contributed by atoms with E-state index in [1.807, 2.05) is 0 Å². The zero-order valence-corrected chi connectivity index (χ0v) is 15.7. The lowest BCUT2D eigenvalue weighted by Gasteiger charge is -2.31. The lowest BCUT2D eigenvalue weighted by atomic mass is 10.1. The van der Waals surface area contributed by atoms with Crippen molar-refractivity contribution in [3.63, 3.8) is 0 Å². The Morgan fingerprint density at radius 1 is 1.21 bits per heavy atom. The van der Waals surface area contributed by atoms with Crippen molar-refractivity contribution in [2.45, 2.75) is 25.8 Å². The molecule has 1 aromatic carbocycles. The van der Waals surface area contributed by atoms with Gasteiger partial charge in [-0.3, -0.25) is 4.79 Å². The molecule has 8 heteroatoms. The molecule has 0 saturated carbocycles. The van der Waals surface area contributed by atoms with Crippen LogP contribution in [0.25, 0.3) is 0 Å². The Labute approximate surface area is 162 Å². The molecule has 2 aromatic rings. The number of nitrogens with zero attached hydrogens (tertiary/aromatic N) is 2. The number of likely N-dealkylation sites (tertiary alicyclic amines) is 1. The number of benzene rings is 1. The highest BCUT2D eigenvalue weighted by atomic mass is 19.1. The van der Waals surface area contributed by atoms with Crippen LogP contribution in [0.1, 0.15) is 30.1 Å². The van der Waals surface area contributed by atoms with Gasteiger partial charge in [-0.25, -0.2) is 14.2 Å². The zero-order valence-electron chi connectivity index (χ0n) is 15.7. The first-order valence-electron chi connectivity index (χ1n) is 9.27. The zero-order chi connectivity index (χ0) is 19.9. The van der Waals surface area contributed by atoms with Crippen molar-refractivity contribution >= 4 is 23.5 Å². The fraction of sp³-hybridized carbons (Fsp3) is 0.350. The summed E-state index contributed by atoms with van der Waals surface area (Å²) in [6.07, 6.45) is 2.85. The molecule has 148 valence electrons. The van der Waals surface area contributed by atoms with E-state index in [-0.39, 0.29) is 17.7 Å². The number of ether oxygens (including phenoxy) is 1. The molecule has 0 radical (unpaired) electrons. The van der Waals surface area contributed by atoms with Gasteiger partial charge in [0.2, 0.25) is 0 Å². The minimum absolute atomic E-state index is 0.0157. The molecule has 0 aliphatic carbocycles. The van der Waals surface area contributed by atoms with E-state index in [1.165, 1.54) is 24.4 Å². The van der Waals surface area contributed by atoms with Gasteiger partial charge in [0, 0.05) is 19.1 Å². The average Bonchev–Trinajstić information content (AvgIpc) is 2.70. The van der Waals surface area contributed by atoms with Crippen molar-refractivity contribution < 1.29 is 18.7 Å². The highest BCUT2D eigenvalue weighted by Crippen LogP contribution is 2.18. The number of anilines is 2. The van der Waals surface area contributed by atoms with Gasteiger partial charge in [0.1, 0.15) is 11.6 Å². The van der Waals surface area contributed by atoms with Crippen LogP contribution < -0.4 is 10.6 Å². The second-order valence-electron chi connectivity index (χ2n) is 6.47. The summed E-state index contributed by atoms with van der Waals surface area (Å²) in [7, 11) is 0. The number of halogens is 1. The summed E-state index contributed by atoms with van der Waals surface area (Å²) in [6.45, 7) is 3.43. The fourth-order valence-corrected chi connectivity index (χ4v) is 3.03. The summed E-state index contributed by atoms with van der Waals surface area (Å²) in [5.41, 5.74) is 0.467. The number of pyridine rings is 1.